The Morgan fingerprint density at radius 1 is 1.07 bits per heavy atom. The van der Waals surface area contributed by atoms with Crippen LogP contribution >= 0.6 is 0 Å². The second kappa shape index (κ2) is 7.43. The number of amides is 1. The number of carbonyl (C=O) groups is 1. The first-order chi connectivity index (χ1) is 13.8. The molecule has 2 saturated heterocycles. The smallest absolute Gasteiger partial charge is 0.304 e. The van der Waals surface area contributed by atoms with Crippen molar-refractivity contribution in [3.8, 4) is 0 Å². The number of nitrogens with zero attached hydrogens (tertiary/aromatic N) is 2. The molecule has 2 N–H and O–H groups in total. The molecule has 0 spiro atoms. The van der Waals surface area contributed by atoms with E-state index in [4.69, 9.17) is 0 Å². The first-order valence-corrected chi connectivity index (χ1v) is 12.6. The topological polar surface area (TPSA) is 90.0 Å². The molecule has 3 aliphatic carbocycles. The van der Waals surface area contributed by atoms with E-state index < -0.39 is 41.0 Å². The SMILES string of the molecule is O=C1CN(C2C(O)CC3CCC(C4CCN(CC5CC5)C4)CC3C2F)S(=O)(=O)N1. The molecule has 0 radical (unpaired) electrons. The lowest BCUT2D eigenvalue weighted by molar-refractivity contribution is -0.120. The Hall–Kier alpha value is -0.770. The molecule has 0 aromatic carbocycles. The third kappa shape index (κ3) is 3.83. The molecule has 0 aromatic rings. The van der Waals surface area contributed by atoms with Crippen LogP contribution in [-0.4, -0.2) is 73.1 Å². The Kier molecular flexibility index (Phi) is 5.16. The number of aliphatic hydroxyl groups excluding tert-OH is 1. The average molecular weight is 430 g/mol. The van der Waals surface area contributed by atoms with Gasteiger partial charge in [-0.1, -0.05) is 0 Å². The van der Waals surface area contributed by atoms with Crippen molar-refractivity contribution in [1.29, 1.82) is 0 Å². The van der Waals surface area contributed by atoms with E-state index in [1.807, 2.05) is 4.72 Å². The summed E-state index contributed by atoms with van der Waals surface area (Å²) >= 11 is 0. The van der Waals surface area contributed by atoms with Crippen LogP contribution in [0.25, 0.3) is 0 Å². The van der Waals surface area contributed by atoms with Crippen molar-refractivity contribution in [2.75, 3.05) is 26.2 Å². The third-order valence-corrected chi connectivity index (χ3v) is 9.61. The van der Waals surface area contributed by atoms with Gasteiger partial charge in [-0.3, -0.25) is 4.79 Å². The zero-order valence-corrected chi connectivity index (χ0v) is 17.6. The number of likely N-dealkylation sites (tertiary alicyclic amines) is 1. The van der Waals surface area contributed by atoms with Crippen LogP contribution in [0.2, 0.25) is 0 Å². The molecule has 7 unspecified atom stereocenters. The van der Waals surface area contributed by atoms with Crippen molar-refractivity contribution in [1.82, 2.24) is 13.9 Å². The molecule has 2 aliphatic heterocycles. The summed E-state index contributed by atoms with van der Waals surface area (Å²) in [4.78, 5) is 14.2. The quantitative estimate of drug-likeness (QED) is 0.693. The van der Waals surface area contributed by atoms with E-state index in [1.54, 1.807) is 0 Å². The predicted molar refractivity (Wildman–Crippen MR) is 105 cm³/mol. The van der Waals surface area contributed by atoms with Crippen LogP contribution in [0.5, 0.6) is 0 Å². The van der Waals surface area contributed by atoms with Crippen LogP contribution in [0.4, 0.5) is 4.39 Å². The van der Waals surface area contributed by atoms with Crippen molar-refractivity contribution >= 4 is 16.1 Å². The summed E-state index contributed by atoms with van der Waals surface area (Å²) in [6, 6.07) is -1.16. The Morgan fingerprint density at radius 2 is 1.83 bits per heavy atom. The molecule has 5 fully saturated rings. The summed E-state index contributed by atoms with van der Waals surface area (Å²) in [5, 5.41) is 10.6. The molecular weight excluding hydrogens is 397 g/mol. The molecule has 3 saturated carbocycles. The van der Waals surface area contributed by atoms with Gasteiger partial charge in [-0.15, -0.1) is 0 Å². The first-order valence-electron chi connectivity index (χ1n) is 11.2. The lowest BCUT2D eigenvalue weighted by Gasteiger charge is -2.48. The third-order valence-electron chi connectivity index (χ3n) is 8.13. The second-order valence-electron chi connectivity index (χ2n) is 10.1. The van der Waals surface area contributed by atoms with E-state index in [-0.39, 0.29) is 11.8 Å². The van der Waals surface area contributed by atoms with Crippen molar-refractivity contribution in [2.45, 2.75) is 63.3 Å². The van der Waals surface area contributed by atoms with Gasteiger partial charge in [-0.05, 0) is 81.1 Å². The second-order valence-corrected chi connectivity index (χ2v) is 11.7. The van der Waals surface area contributed by atoms with E-state index in [1.165, 1.54) is 25.8 Å². The van der Waals surface area contributed by atoms with Gasteiger partial charge < -0.3 is 10.0 Å². The summed E-state index contributed by atoms with van der Waals surface area (Å²) in [6.45, 7) is 3.07. The van der Waals surface area contributed by atoms with Crippen LogP contribution < -0.4 is 4.72 Å². The van der Waals surface area contributed by atoms with Crippen LogP contribution in [0, 0.1) is 29.6 Å². The average Bonchev–Trinajstić information content (AvgIpc) is 3.26. The normalized spacial score (nSPS) is 45.9. The van der Waals surface area contributed by atoms with Gasteiger partial charge >= 0.3 is 10.2 Å². The maximum atomic E-state index is 15.7. The van der Waals surface area contributed by atoms with E-state index in [0.29, 0.717) is 18.3 Å². The number of fused-ring (bicyclic) bond motifs is 1. The van der Waals surface area contributed by atoms with Gasteiger partial charge in [0.05, 0.1) is 18.7 Å². The van der Waals surface area contributed by atoms with Gasteiger partial charge in [0, 0.05) is 13.1 Å². The summed E-state index contributed by atoms with van der Waals surface area (Å²) in [5.74, 6) is 1.18. The van der Waals surface area contributed by atoms with Gasteiger partial charge in [0.1, 0.15) is 6.17 Å². The molecule has 5 rings (SSSR count). The molecule has 5 aliphatic rings. The Morgan fingerprint density at radius 3 is 2.52 bits per heavy atom. The van der Waals surface area contributed by atoms with Gasteiger partial charge in [0.25, 0.3) is 0 Å². The molecule has 0 aromatic heterocycles. The van der Waals surface area contributed by atoms with Crippen LogP contribution in [0.3, 0.4) is 0 Å². The molecule has 2 heterocycles. The van der Waals surface area contributed by atoms with Crippen molar-refractivity contribution < 1.29 is 22.7 Å². The zero-order valence-electron chi connectivity index (χ0n) is 16.7. The standard InChI is InChI=1S/C20H32FN3O4S/c21-19-16-7-13(15-5-6-23(10-15)9-12-1-2-12)3-4-14(16)8-17(25)20(19)24-11-18(26)22-29(24,27)28/h12-17,19-20,25H,1-11H2,(H,22,26). The maximum Gasteiger partial charge on any atom is 0.304 e. The summed E-state index contributed by atoms with van der Waals surface area (Å²) in [5.41, 5.74) is 0. The Bertz CT molecular complexity index is 761. The fourth-order valence-electron chi connectivity index (χ4n) is 6.48. The molecule has 29 heavy (non-hydrogen) atoms. The van der Waals surface area contributed by atoms with Gasteiger partial charge in [0.2, 0.25) is 5.91 Å². The van der Waals surface area contributed by atoms with Gasteiger partial charge in [-0.2, -0.15) is 12.7 Å². The van der Waals surface area contributed by atoms with Crippen LogP contribution in [-0.2, 0) is 15.0 Å². The van der Waals surface area contributed by atoms with E-state index >= 15 is 4.39 Å². The molecule has 164 valence electrons. The lowest BCUT2D eigenvalue weighted by atomic mass is 9.62. The minimum absolute atomic E-state index is 0.102. The minimum Gasteiger partial charge on any atom is -0.391 e. The van der Waals surface area contributed by atoms with E-state index in [0.717, 1.165) is 42.6 Å². The van der Waals surface area contributed by atoms with E-state index in [9.17, 15) is 18.3 Å². The van der Waals surface area contributed by atoms with Crippen LogP contribution in [0.15, 0.2) is 0 Å². The van der Waals surface area contributed by atoms with E-state index in [2.05, 4.69) is 4.90 Å². The molecule has 7 nitrogen and oxygen atoms in total. The highest BCUT2D eigenvalue weighted by Crippen LogP contribution is 2.49. The number of hydrogen-bond donors (Lipinski definition) is 2. The van der Waals surface area contributed by atoms with Gasteiger partial charge in [-0.25, -0.2) is 9.11 Å². The molecule has 7 atom stereocenters. The number of carbonyl (C=O) groups excluding carboxylic acids is 1. The first kappa shape index (κ1) is 20.2. The largest absolute Gasteiger partial charge is 0.391 e. The number of nitrogens with one attached hydrogen (secondary N) is 1. The maximum absolute atomic E-state index is 15.7. The molecule has 9 heteroatoms. The zero-order chi connectivity index (χ0) is 20.3. The number of hydrogen-bond acceptors (Lipinski definition) is 5. The van der Waals surface area contributed by atoms with Crippen molar-refractivity contribution in [3.05, 3.63) is 0 Å². The number of rotatable bonds is 4. The molecule has 0 bridgehead atoms. The van der Waals surface area contributed by atoms with Crippen LogP contribution in [0.1, 0.15) is 44.9 Å². The molecule has 1 amide bonds. The summed E-state index contributed by atoms with van der Waals surface area (Å²) in [7, 11) is -4.05. The fourth-order valence-corrected chi connectivity index (χ4v) is 7.82. The van der Waals surface area contributed by atoms with Crippen molar-refractivity contribution in [2.24, 2.45) is 29.6 Å². The number of aliphatic hydroxyl groups is 1. The Balaban J connectivity index is 1.27. The number of alkyl halides is 1. The highest BCUT2D eigenvalue weighted by molar-refractivity contribution is 7.88. The highest BCUT2D eigenvalue weighted by atomic mass is 32.2. The fraction of sp³-hybridized carbons (Fsp3) is 0.950. The lowest BCUT2D eigenvalue weighted by Crippen LogP contribution is -2.59. The molecular formula is C20H32FN3O4S. The monoisotopic (exact) mass is 429 g/mol. The summed E-state index contributed by atoms with van der Waals surface area (Å²) in [6.07, 6.45) is 4.57. The van der Waals surface area contributed by atoms with Crippen molar-refractivity contribution in [3.63, 3.8) is 0 Å². The highest BCUT2D eigenvalue weighted by Gasteiger charge is 2.54. The number of halogens is 1. The summed E-state index contributed by atoms with van der Waals surface area (Å²) < 4.78 is 42.9. The minimum atomic E-state index is -4.05. The Labute approximate surface area is 172 Å². The van der Waals surface area contributed by atoms with Gasteiger partial charge in [0.15, 0.2) is 0 Å². The predicted octanol–water partition coefficient (Wildman–Crippen LogP) is 0.899.